The first-order chi connectivity index (χ1) is 7.57. The van der Waals surface area contributed by atoms with Gasteiger partial charge in [-0.3, -0.25) is 0 Å². The lowest BCUT2D eigenvalue weighted by Gasteiger charge is -2.42. The van der Waals surface area contributed by atoms with Crippen LogP contribution >= 0.6 is 0 Å². The van der Waals surface area contributed by atoms with Gasteiger partial charge in [-0.25, -0.2) is 0 Å². The van der Waals surface area contributed by atoms with Crippen LogP contribution in [0.1, 0.15) is 52.4 Å². The minimum Gasteiger partial charge on any atom is -0.324 e. The van der Waals surface area contributed by atoms with Crippen molar-refractivity contribution in [3.05, 3.63) is 0 Å². The molecule has 2 aliphatic rings. The molecule has 1 saturated heterocycles. The van der Waals surface area contributed by atoms with Crippen molar-refractivity contribution in [3.63, 3.8) is 0 Å². The fourth-order valence-electron chi connectivity index (χ4n) is 3.51. The van der Waals surface area contributed by atoms with Crippen LogP contribution in [0.5, 0.6) is 0 Å². The maximum Gasteiger partial charge on any atom is 0.0285 e. The van der Waals surface area contributed by atoms with Crippen LogP contribution in [-0.4, -0.2) is 30.1 Å². The Kier molecular flexibility index (Phi) is 3.91. The first kappa shape index (κ1) is 12.4. The third kappa shape index (κ3) is 3.21. The molecule has 1 saturated carbocycles. The van der Waals surface area contributed by atoms with Crippen molar-refractivity contribution in [2.75, 3.05) is 19.6 Å². The van der Waals surface area contributed by atoms with Gasteiger partial charge in [0.15, 0.2) is 0 Å². The van der Waals surface area contributed by atoms with Gasteiger partial charge in [0, 0.05) is 12.1 Å². The Bertz CT molecular complexity index is 221. The lowest BCUT2D eigenvalue weighted by atomic mass is 9.76. The van der Waals surface area contributed by atoms with Crippen LogP contribution in [-0.2, 0) is 0 Å². The monoisotopic (exact) mass is 224 g/mol. The number of nitrogens with zero attached hydrogens (tertiary/aromatic N) is 1. The van der Waals surface area contributed by atoms with Crippen LogP contribution in [0.3, 0.4) is 0 Å². The molecule has 2 atom stereocenters. The molecule has 2 nitrogen and oxygen atoms in total. The second-order valence-corrected chi connectivity index (χ2v) is 6.52. The van der Waals surface area contributed by atoms with Crippen LogP contribution in [0.25, 0.3) is 0 Å². The fraction of sp³-hybridized carbons (Fsp3) is 1.00. The minimum absolute atomic E-state index is 0.123. The molecule has 0 radical (unpaired) electrons. The second-order valence-electron chi connectivity index (χ2n) is 6.52. The third-order valence-electron chi connectivity index (χ3n) is 4.54. The van der Waals surface area contributed by atoms with Gasteiger partial charge in [-0.05, 0) is 50.6 Å². The van der Waals surface area contributed by atoms with Crippen LogP contribution in [0.2, 0.25) is 0 Å². The molecule has 1 heterocycles. The Hall–Kier alpha value is -0.0800. The van der Waals surface area contributed by atoms with Crippen LogP contribution in [0.15, 0.2) is 0 Å². The molecule has 2 unspecified atom stereocenters. The van der Waals surface area contributed by atoms with Gasteiger partial charge in [-0.2, -0.15) is 0 Å². The second kappa shape index (κ2) is 5.05. The maximum absolute atomic E-state index is 6.57. The van der Waals surface area contributed by atoms with Gasteiger partial charge in [0.1, 0.15) is 0 Å². The van der Waals surface area contributed by atoms with Gasteiger partial charge < -0.3 is 10.6 Å². The van der Waals surface area contributed by atoms with Gasteiger partial charge in [0.2, 0.25) is 0 Å². The molecule has 0 aromatic rings. The van der Waals surface area contributed by atoms with Crippen molar-refractivity contribution in [1.29, 1.82) is 0 Å². The molecule has 1 aliphatic carbocycles. The maximum atomic E-state index is 6.57. The van der Waals surface area contributed by atoms with Crippen molar-refractivity contribution in [1.82, 2.24) is 4.90 Å². The molecule has 0 aromatic carbocycles. The predicted molar refractivity (Wildman–Crippen MR) is 69.4 cm³/mol. The Labute approximate surface area is 101 Å². The molecule has 2 fully saturated rings. The van der Waals surface area contributed by atoms with E-state index >= 15 is 0 Å². The first-order valence-corrected chi connectivity index (χ1v) is 7.09. The van der Waals surface area contributed by atoms with E-state index in [0.717, 1.165) is 18.4 Å². The summed E-state index contributed by atoms with van der Waals surface area (Å²) >= 11 is 0. The van der Waals surface area contributed by atoms with Crippen molar-refractivity contribution in [2.45, 2.75) is 57.9 Å². The molecule has 0 bridgehead atoms. The smallest absolute Gasteiger partial charge is 0.0285 e. The summed E-state index contributed by atoms with van der Waals surface area (Å²) in [6.07, 6.45) is 7.93. The molecular weight excluding hydrogens is 196 g/mol. The number of likely N-dealkylation sites (tertiary alicyclic amines) is 1. The van der Waals surface area contributed by atoms with Crippen molar-refractivity contribution in [2.24, 2.45) is 17.6 Å². The third-order valence-corrected chi connectivity index (χ3v) is 4.54. The molecule has 1 aliphatic heterocycles. The van der Waals surface area contributed by atoms with E-state index in [9.17, 15) is 0 Å². The van der Waals surface area contributed by atoms with Crippen molar-refractivity contribution < 1.29 is 0 Å². The molecule has 2 heteroatoms. The summed E-state index contributed by atoms with van der Waals surface area (Å²) < 4.78 is 0. The van der Waals surface area contributed by atoms with E-state index < -0.39 is 0 Å². The Morgan fingerprint density at radius 2 is 1.81 bits per heavy atom. The summed E-state index contributed by atoms with van der Waals surface area (Å²) in [5.74, 6) is 1.76. The normalized spacial score (nSPS) is 38.8. The van der Waals surface area contributed by atoms with E-state index in [-0.39, 0.29) is 5.54 Å². The fourth-order valence-corrected chi connectivity index (χ4v) is 3.51. The van der Waals surface area contributed by atoms with E-state index in [0.29, 0.717) is 0 Å². The van der Waals surface area contributed by atoms with E-state index in [2.05, 4.69) is 18.7 Å². The molecular formula is C14H28N2. The highest BCUT2D eigenvalue weighted by Crippen LogP contribution is 2.31. The standard InChI is InChI=1S/C14H28N2/c1-12-5-8-16(9-6-12)11-14(15)7-3-4-13(2)10-14/h12-13H,3-11,15H2,1-2H3. The summed E-state index contributed by atoms with van der Waals surface area (Å²) in [7, 11) is 0. The molecule has 0 spiro atoms. The van der Waals surface area contributed by atoms with Gasteiger partial charge in [-0.15, -0.1) is 0 Å². The topological polar surface area (TPSA) is 29.3 Å². The van der Waals surface area contributed by atoms with Gasteiger partial charge in [0.25, 0.3) is 0 Å². The quantitative estimate of drug-likeness (QED) is 0.781. The van der Waals surface area contributed by atoms with Crippen LogP contribution in [0.4, 0.5) is 0 Å². The number of hydrogen-bond donors (Lipinski definition) is 1. The van der Waals surface area contributed by atoms with E-state index in [4.69, 9.17) is 5.73 Å². The zero-order valence-corrected chi connectivity index (χ0v) is 11.0. The Morgan fingerprint density at radius 3 is 2.44 bits per heavy atom. The van der Waals surface area contributed by atoms with Crippen molar-refractivity contribution >= 4 is 0 Å². The molecule has 16 heavy (non-hydrogen) atoms. The van der Waals surface area contributed by atoms with E-state index in [1.54, 1.807) is 0 Å². The number of rotatable bonds is 2. The van der Waals surface area contributed by atoms with Gasteiger partial charge >= 0.3 is 0 Å². The van der Waals surface area contributed by atoms with E-state index in [1.807, 2.05) is 0 Å². The highest BCUT2D eigenvalue weighted by atomic mass is 15.1. The highest BCUT2D eigenvalue weighted by Gasteiger charge is 2.33. The largest absolute Gasteiger partial charge is 0.324 e. The van der Waals surface area contributed by atoms with Crippen molar-refractivity contribution in [3.8, 4) is 0 Å². The molecule has 0 aromatic heterocycles. The zero-order valence-electron chi connectivity index (χ0n) is 11.0. The molecule has 2 rings (SSSR count). The number of nitrogens with two attached hydrogens (primary N) is 1. The zero-order chi connectivity index (χ0) is 11.6. The summed E-state index contributed by atoms with van der Waals surface area (Å²) in [6.45, 7) is 8.42. The van der Waals surface area contributed by atoms with Gasteiger partial charge in [-0.1, -0.05) is 26.7 Å². The molecule has 94 valence electrons. The van der Waals surface area contributed by atoms with Gasteiger partial charge in [0.05, 0.1) is 0 Å². The first-order valence-electron chi connectivity index (χ1n) is 7.09. The van der Waals surface area contributed by atoms with Crippen LogP contribution < -0.4 is 5.73 Å². The molecule has 2 N–H and O–H groups in total. The number of piperidine rings is 1. The summed E-state index contributed by atoms with van der Waals surface area (Å²) in [5.41, 5.74) is 6.70. The highest BCUT2D eigenvalue weighted by molar-refractivity contribution is 4.93. The number of hydrogen-bond acceptors (Lipinski definition) is 2. The average Bonchev–Trinajstić information content (AvgIpc) is 2.21. The molecule has 0 amide bonds. The summed E-state index contributed by atoms with van der Waals surface area (Å²) in [5, 5.41) is 0. The summed E-state index contributed by atoms with van der Waals surface area (Å²) in [4.78, 5) is 2.61. The Balaban J connectivity index is 1.83. The lowest BCUT2D eigenvalue weighted by Crippen LogP contribution is -2.54. The average molecular weight is 224 g/mol. The predicted octanol–water partition coefficient (Wildman–Crippen LogP) is 2.63. The minimum atomic E-state index is 0.123. The van der Waals surface area contributed by atoms with Crippen LogP contribution in [0, 0.1) is 11.8 Å². The SMILES string of the molecule is CC1CCN(CC2(N)CCCC(C)C2)CC1. The lowest BCUT2D eigenvalue weighted by molar-refractivity contribution is 0.119. The Morgan fingerprint density at radius 1 is 1.12 bits per heavy atom. The van der Waals surface area contributed by atoms with E-state index in [1.165, 1.54) is 51.6 Å². The summed E-state index contributed by atoms with van der Waals surface area (Å²) in [6, 6.07) is 0.